The normalized spacial score (nSPS) is 26.4. The predicted molar refractivity (Wildman–Crippen MR) is 89.8 cm³/mol. The lowest BCUT2D eigenvalue weighted by atomic mass is 9.85. The van der Waals surface area contributed by atoms with E-state index in [9.17, 15) is 19.8 Å². The Balaban J connectivity index is 2.08. The van der Waals surface area contributed by atoms with Gasteiger partial charge in [-0.3, -0.25) is 9.59 Å². The summed E-state index contributed by atoms with van der Waals surface area (Å²) in [4.78, 5) is 25.1. The molecular formula is C18H15NO4S. The molecule has 2 unspecified atom stereocenters. The number of piperidine rings is 1. The first kappa shape index (κ1) is 15.3. The number of nitrogens with one attached hydrogen (secondary N) is 1. The van der Waals surface area contributed by atoms with Crippen molar-refractivity contribution in [3.63, 3.8) is 0 Å². The van der Waals surface area contributed by atoms with Crippen LogP contribution in [-0.4, -0.2) is 40.7 Å². The Bertz CT molecular complexity index is 883. The van der Waals surface area contributed by atoms with Crippen LogP contribution >= 0.6 is 11.3 Å². The number of rotatable bonds is 0. The molecule has 122 valence electrons. The molecule has 0 radical (unpaired) electrons. The highest BCUT2D eigenvalue weighted by molar-refractivity contribution is 7.12. The third kappa shape index (κ3) is 2.23. The highest BCUT2D eigenvalue weighted by Gasteiger charge is 2.36. The molecular weight excluding hydrogens is 326 g/mol. The molecule has 4 rings (SSSR count). The Hall–Kier alpha value is -2.28. The summed E-state index contributed by atoms with van der Waals surface area (Å²) in [7, 11) is 0. The van der Waals surface area contributed by atoms with Crippen molar-refractivity contribution >= 4 is 28.6 Å². The molecule has 1 aliphatic heterocycles. The van der Waals surface area contributed by atoms with Crippen LogP contribution in [0, 0.1) is 0 Å². The predicted octanol–water partition coefficient (Wildman–Crippen LogP) is 1.14. The van der Waals surface area contributed by atoms with Gasteiger partial charge in [-0.15, -0.1) is 11.3 Å². The van der Waals surface area contributed by atoms with Gasteiger partial charge in [-0.25, -0.2) is 0 Å². The molecule has 5 nitrogen and oxygen atoms in total. The lowest BCUT2D eigenvalue weighted by Gasteiger charge is -2.29. The fourth-order valence-corrected chi connectivity index (χ4v) is 4.22. The van der Waals surface area contributed by atoms with Crippen molar-refractivity contribution in [2.45, 2.75) is 18.6 Å². The Labute approximate surface area is 142 Å². The van der Waals surface area contributed by atoms with E-state index >= 15 is 0 Å². The van der Waals surface area contributed by atoms with Crippen LogP contribution in [0.25, 0.3) is 5.57 Å². The second-order valence-electron chi connectivity index (χ2n) is 5.91. The number of carbonyl (C=O) groups excluding carboxylic acids is 2. The van der Waals surface area contributed by atoms with Gasteiger partial charge in [-0.05, 0) is 28.1 Å². The molecule has 0 saturated carbocycles. The van der Waals surface area contributed by atoms with Crippen molar-refractivity contribution in [2.75, 3.05) is 6.54 Å². The topological polar surface area (TPSA) is 86.6 Å². The zero-order chi connectivity index (χ0) is 16.8. The highest BCUT2D eigenvalue weighted by Crippen LogP contribution is 2.40. The standard InChI is InChI=1S/C18H15NO4S/c20-12-7-9-3-1-2-4-10(9)14(11-5-6-24-17(11)12)15-13(21)8-19-18(23)16(15)22/h1-6,13,16,21-22H,7-8H2,(H,19,23)/b15-14+. The average Bonchev–Trinajstić information content (AvgIpc) is 3.01. The summed E-state index contributed by atoms with van der Waals surface area (Å²) in [6.45, 7) is 0.0459. The number of ketones is 1. The van der Waals surface area contributed by atoms with Gasteiger partial charge in [0.2, 0.25) is 0 Å². The van der Waals surface area contributed by atoms with E-state index < -0.39 is 18.1 Å². The number of fused-ring (bicyclic) bond motifs is 2. The maximum Gasteiger partial charge on any atom is 0.253 e. The van der Waals surface area contributed by atoms with E-state index in [1.54, 1.807) is 0 Å². The van der Waals surface area contributed by atoms with Crippen molar-refractivity contribution < 1.29 is 19.8 Å². The number of hydrogen-bond acceptors (Lipinski definition) is 5. The lowest BCUT2D eigenvalue weighted by molar-refractivity contribution is -0.130. The molecule has 0 spiro atoms. The monoisotopic (exact) mass is 341 g/mol. The first-order chi connectivity index (χ1) is 11.6. The molecule has 2 heterocycles. The van der Waals surface area contributed by atoms with Gasteiger partial charge in [0.25, 0.3) is 5.91 Å². The van der Waals surface area contributed by atoms with Gasteiger partial charge in [0.1, 0.15) is 0 Å². The zero-order valence-electron chi connectivity index (χ0n) is 12.7. The smallest absolute Gasteiger partial charge is 0.253 e. The summed E-state index contributed by atoms with van der Waals surface area (Å²) in [5, 5.41) is 25.1. The van der Waals surface area contributed by atoms with Crippen molar-refractivity contribution in [3.05, 3.63) is 62.9 Å². The molecule has 1 saturated heterocycles. The van der Waals surface area contributed by atoms with Crippen LogP contribution in [-0.2, 0) is 11.2 Å². The minimum Gasteiger partial charge on any atom is -0.387 e. The molecule has 2 aliphatic rings. The van der Waals surface area contributed by atoms with Gasteiger partial charge >= 0.3 is 0 Å². The number of thiophene rings is 1. The van der Waals surface area contributed by atoms with Gasteiger partial charge < -0.3 is 15.5 Å². The van der Waals surface area contributed by atoms with E-state index in [0.717, 1.165) is 11.1 Å². The van der Waals surface area contributed by atoms with Crippen LogP contribution in [0.1, 0.15) is 26.4 Å². The number of aliphatic hydroxyl groups excluding tert-OH is 2. The summed E-state index contributed by atoms with van der Waals surface area (Å²) in [6.07, 6.45) is -2.17. The van der Waals surface area contributed by atoms with Crippen molar-refractivity contribution in [3.8, 4) is 0 Å². The highest BCUT2D eigenvalue weighted by atomic mass is 32.1. The van der Waals surface area contributed by atoms with Crippen LogP contribution in [0.4, 0.5) is 0 Å². The second-order valence-corrected chi connectivity index (χ2v) is 6.83. The molecule has 24 heavy (non-hydrogen) atoms. The number of benzene rings is 1. The minimum atomic E-state index is -1.43. The molecule has 6 heteroatoms. The lowest BCUT2D eigenvalue weighted by Crippen LogP contribution is -2.49. The van der Waals surface area contributed by atoms with Gasteiger partial charge in [0, 0.05) is 24.1 Å². The van der Waals surface area contributed by atoms with E-state index in [1.807, 2.05) is 35.7 Å². The fraction of sp³-hybridized carbons (Fsp3) is 0.222. The molecule has 1 aliphatic carbocycles. The molecule has 1 fully saturated rings. The Morgan fingerprint density at radius 3 is 2.71 bits per heavy atom. The number of carbonyl (C=O) groups is 2. The molecule has 2 aromatic rings. The van der Waals surface area contributed by atoms with E-state index in [4.69, 9.17) is 0 Å². The van der Waals surface area contributed by atoms with Crippen molar-refractivity contribution in [1.29, 1.82) is 0 Å². The van der Waals surface area contributed by atoms with Gasteiger partial charge in [-0.2, -0.15) is 0 Å². The summed E-state index contributed by atoms with van der Waals surface area (Å²) < 4.78 is 0. The third-order valence-corrected chi connectivity index (χ3v) is 5.44. The van der Waals surface area contributed by atoms with E-state index in [2.05, 4.69) is 5.32 Å². The molecule has 1 aromatic carbocycles. The van der Waals surface area contributed by atoms with Crippen LogP contribution in [0.2, 0.25) is 0 Å². The summed E-state index contributed by atoms with van der Waals surface area (Å²) in [5.41, 5.74) is 3.16. The molecule has 1 amide bonds. The first-order valence-corrected chi connectivity index (χ1v) is 8.53. The van der Waals surface area contributed by atoms with Gasteiger partial charge in [0.15, 0.2) is 11.9 Å². The molecule has 2 atom stereocenters. The van der Waals surface area contributed by atoms with Gasteiger partial charge in [-0.1, -0.05) is 24.3 Å². The quantitative estimate of drug-likeness (QED) is 0.671. The first-order valence-electron chi connectivity index (χ1n) is 7.65. The van der Waals surface area contributed by atoms with Crippen LogP contribution in [0.5, 0.6) is 0 Å². The van der Waals surface area contributed by atoms with E-state index in [1.165, 1.54) is 11.3 Å². The van der Waals surface area contributed by atoms with Crippen LogP contribution < -0.4 is 5.32 Å². The van der Waals surface area contributed by atoms with Crippen molar-refractivity contribution in [2.24, 2.45) is 0 Å². The third-order valence-electron chi connectivity index (χ3n) is 4.49. The summed E-state index contributed by atoms with van der Waals surface area (Å²) >= 11 is 1.34. The molecule has 0 bridgehead atoms. The van der Waals surface area contributed by atoms with Crippen molar-refractivity contribution in [1.82, 2.24) is 5.32 Å². The Kier molecular flexibility index (Phi) is 3.60. The molecule has 3 N–H and O–H groups in total. The number of aliphatic hydroxyl groups is 2. The van der Waals surface area contributed by atoms with Gasteiger partial charge in [0.05, 0.1) is 11.0 Å². The number of β-amino-alcohol motifs (C(OH)–C–C–N with tert-alkyl or cyclic N) is 1. The summed E-state index contributed by atoms with van der Waals surface area (Å²) in [6, 6.07) is 9.25. The maximum atomic E-state index is 12.6. The second kappa shape index (κ2) is 5.66. The SMILES string of the molecule is O=C1Cc2ccccc2/C(=C2/C(O)CNC(=O)C2O)c2ccsc21. The number of Topliss-reactive ketones (excluding diaryl/α,β-unsaturated/α-hetero) is 1. The fourth-order valence-electron chi connectivity index (χ4n) is 3.38. The van der Waals surface area contributed by atoms with E-state index in [0.29, 0.717) is 16.0 Å². The van der Waals surface area contributed by atoms with E-state index in [-0.39, 0.29) is 24.3 Å². The Morgan fingerprint density at radius 2 is 1.88 bits per heavy atom. The largest absolute Gasteiger partial charge is 0.387 e. The van der Waals surface area contributed by atoms with Crippen LogP contribution in [0.15, 0.2) is 41.3 Å². The number of amides is 1. The maximum absolute atomic E-state index is 12.6. The zero-order valence-corrected chi connectivity index (χ0v) is 13.5. The summed E-state index contributed by atoms with van der Waals surface area (Å²) in [5.74, 6) is -0.528. The number of hydrogen-bond donors (Lipinski definition) is 3. The minimum absolute atomic E-state index is 0.00675. The molecule has 1 aromatic heterocycles. The van der Waals surface area contributed by atoms with Crippen LogP contribution in [0.3, 0.4) is 0 Å². The Morgan fingerprint density at radius 1 is 1.08 bits per heavy atom. The average molecular weight is 341 g/mol.